The van der Waals surface area contributed by atoms with Gasteiger partial charge < -0.3 is 9.15 Å². The first-order valence-corrected chi connectivity index (χ1v) is 6.77. The molecule has 0 bridgehead atoms. The molecule has 102 valence electrons. The molecule has 0 spiro atoms. The minimum atomic E-state index is -0.287. The maximum Gasteiger partial charge on any atom is 0.310 e. The SMILES string of the molecule is O=C1OC(c2ccccc2)C=CCC1Cc1ccco1. The van der Waals surface area contributed by atoms with Crippen molar-refractivity contribution in [3.05, 3.63) is 72.2 Å². The molecule has 0 saturated heterocycles. The standard InChI is InChI=1S/C17H16O3/c18-17-14(12-15-9-5-11-19-15)8-4-10-16(20-17)13-6-2-1-3-7-13/h1-7,9-11,14,16H,8,12H2. The van der Waals surface area contributed by atoms with E-state index in [4.69, 9.17) is 9.15 Å². The van der Waals surface area contributed by atoms with Crippen LogP contribution >= 0.6 is 0 Å². The lowest BCUT2D eigenvalue weighted by Crippen LogP contribution is -2.19. The van der Waals surface area contributed by atoms with E-state index < -0.39 is 0 Å². The average Bonchev–Trinajstić information content (AvgIpc) is 2.92. The van der Waals surface area contributed by atoms with Crippen molar-refractivity contribution in [1.82, 2.24) is 0 Å². The van der Waals surface area contributed by atoms with Crippen LogP contribution < -0.4 is 0 Å². The molecule has 1 aromatic heterocycles. The molecule has 3 nitrogen and oxygen atoms in total. The van der Waals surface area contributed by atoms with Crippen molar-refractivity contribution in [3.8, 4) is 0 Å². The summed E-state index contributed by atoms with van der Waals surface area (Å²) in [6.45, 7) is 0. The van der Waals surface area contributed by atoms with Crippen LogP contribution in [0.5, 0.6) is 0 Å². The Bertz CT molecular complexity index is 584. The highest BCUT2D eigenvalue weighted by atomic mass is 16.5. The van der Waals surface area contributed by atoms with Crippen molar-refractivity contribution in [2.75, 3.05) is 0 Å². The Hall–Kier alpha value is -2.29. The van der Waals surface area contributed by atoms with E-state index in [-0.39, 0.29) is 18.0 Å². The summed E-state index contributed by atoms with van der Waals surface area (Å²) in [4.78, 5) is 12.2. The van der Waals surface area contributed by atoms with Crippen LogP contribution in [-0.4, -0.2) is 5.97 Å². The van der Waals surface area contributed by atoms with Gasteiger partial charge in [0.2, 0.25) is 0 Å². The number of esters is 1. The van der Waals surface area contributed by atoms with Crippen molar-refractivity contribution < 1.29 is 13.9 Å². The minimum Gasteiger partial charge on any atom is -0.469 e. The average molecular weight is 268 g/mol. The van der Waals surface area contributed by atoms with Crippen LogP contribution in [0.25, 0.3) is 0 Å². The number of ether oxygens (including phenoxy) is 1. The zero-order valence-corrected chi connectivity index (χ0v) is 11.1. The number of furan rings is 1. The number of carbonyl (C=O) groups is 1. The van der Waals surface area contributed by atoms with E-state index in [1.54, 1.807) is 6.26 Å². The topological polar surface area (TPSA) is 39.4 Å². The summed E-state index contributed by atoms with van der Waals surface area (Å²) in [7, 11) is 0. The van der Waals surface area contributed by atoms with Gasteiger partial charge in [0.25, 0.3) is 0 Å². The fourth-order valence-electron chi connectivity index (χ4n) is 2.38. The molecule has 0 N–H and O–H groups in total. The number of benzene rings is 1. The summed E-state index contributed by atoms with van der Waals surface area (Å²) in [5.41, 5.74) is 0.996. The van der Waals surface area contributed by atoms with Crippen LogP contribution in [0, 0.1) is 5.92 Å². The molecular formula is C17H16O3. The molecular weight excluding hydrogens is 252 g/mol. The summed E-state index contributed by atoms with van der Waals surface area (Å²) in [5, 5.41) is 0. The van der Waals surface area contributed by atoms with Gasteiger partial charge in [0, 0.05) is 6.42 Å². The highest BCUT2D eigenvalue weighted by Gasteiger charge is 2.26. The molecule has 0 fully saturated rings. The summed E-state index contributed by atoms with van der Waals surface area (Å²) >= 11 is 0. The molecule has 0 aliphatic carbocycles. The van der Waals surface area contributed by atoms with Crippen LogP contribution in [0.4, 0.5) is 0 Å². The number of hydrogen-bond donors (Lipinski definition) is 0. The molecule has 20 heavy (non-hydrogen) atoms. The molecule has 0 amide bonds. The van der Waals surface area contributed by atoms with Crippen molar-refractivity contribution >= 4 is 5.97 Å². The maximum absolute atomic E-state index is 12.2. The van der Waals surface area contributed by atoms with Gasteiger partial charge in [-0.05, 0) is 30.2 Å². The highest BCUT2D eigenvalue weighted by Crippen LogP contribution is 2.26. The van der Waals surface area contributed by atoms with E-state index in [2.05, 4.69) is 0 Å². The lowest BCUT2D eigenvalue weighted by molar-refractivity contribution is -0.151. The quantitative estimate of drug-likeness (QED) is 0.629. The van der Waals surface area contributed by atoms with Crippen molar-refractivity contribution in [3.63, 3.8) is 0 Å². The first-order chi connectivity index (χ1) is 9.83. The Morgan fingerprint density at radius 3 is 2.70 bits per heavy atom. The first kappa shape index (κ1) is 12.7. The van der Waals surface area contributed by atoms with Gasteiger partial charge in [-0.15, -0.1) is 0 Å². The molecule has 0 radical (unpaired) electrons. The molecule has 2 aromatic rings. The Labute approximate surface area is 117 Å². The predicted molar refractivity (Wildman–Crippen MR) is 74.9 cm³/mol. The van der Waals surface area contributed by atoms with Gasteiger partial charge >= 0.3 is 5.97 Å². The molecule has 3 rings (SSSR count). The van der Waals surface area contributed by atoms with E-state index in [1.807, 2.05) is 54.6 Å². The summed E-state index contributed by atoms with van der Waals surface area (Å²) < 4.78 is 10.9. The smallest absolute Gasteiger partial charge is 0.310 e. The highest BCUT2D eigenvalue weighted by molar-refractivity contribution is 5.74. The third-order valence-corrected chi connectivity index (χ3v) is 3.46. The monoisotopic (exact) mass is 268 g/mol. The Morgan fingerprint density at radius 2 is 1.95 bits per heavy atom. The molecule has 2 atom stereocenters. The van der Waals surface area contributed by atoms with E-state index in [1.165, 1.54) is 0 Å². The number of hydrogen-bond acceptors (Lipinski definition) is 3. The third kappa shape index (κ3) is 2.82. The zero-order chi connectivity index (χ0) is 13.8. The minimum absolute atomic E-state index is 0.166. The van der Waals surface area contributed by atoms with Crippen molar-refractivity contribution in [2.45, 2.75) is 18.9 Å². The fourth-order valence-corrected chi connectivity index (χ4v) is 2.38. The first-order valence-electron chi connectivity index (χ1n) is 6.77. The second kappa shape index (κ2) is 5.78. The summed E-state index contributed by atoms with van der Waals surface area (Å²) in [5.74, 6) is 0.477. The van der Waals surface area contributed by atoms with Crippen LogP contribution in [0.1, 0.15) is 23.8 Å². The van der Waals surface area contributed by atoms with E-state index in [0.29, 0.717) is 12.8 Å². The summed E-state index contributed by atoms with van der Waals surface area (Å²) in [6.07, 6.45) is 6.58. The largest absolute Gasteiger partial charge is 0.469 e. The molecule has 2 unspecified atom stereocenters. The lowest BCUT2D eigenvalue weighted by atomic mass is 10.0. The van der Waals surface area contributed by atoms with Gasteiger partial charge in [0.1, 0.15) is 11.9 Å². The number of cyclic esters (lactones) is 1. The van der Waals surface area contributed by atoms with Gasteiger partial charge in [0.05, 0.1) is 12.2 Å². The van der Waals surface area contributed by atoms with Crippen molar-refractivity contribution in [2.24, 2.45) is 5.92 Å². The number of carbonyl (C=O) groups excluding carboxylic acids is 1. The van der Waals surface area contributed by atoms with Gasteiger partial charge in [-0.2, -0.15) is 0 Å². The van der Waals surface area contributed by atoms with Crippen LogP contribution in [0.15, 0.2) is 65.3 Å². The maximum atomic E-state index is 12.2. The lowest BCUT2D eigenvalue weighted by Gasteiger charge is -2.16. The predicted octanol–water partition coefficient (Wildman–Crippen LogP) is 3.68. The van der Waals surface area contributed by atoms with Crippen LogP contribution in [0.2, 0.25) is 0 Å². The molecule has 1 aliphatic rings. The van der Waals surface area contributed by atoms with E-state index >= 15 is 0 Å². The molecule has 2 heterocycles. The number of allylic oxidation sites excluding steroid dienone is 1. The third-order valence-electron chi connectivity index (χ3n) is 3.46. The number of rotatable bonds is 3. The van der Waals surface area contributed by atoms with Crippen LogP contribution in [-0.2, 0) is 16.0 Å². The normalized spacial score (nSPS) is 22.3. The van der Waals surface area contributed by atoms with E-state index in [9.17, 15) is 4.79 Å². The van der Waals surface area contributed by atoms with Gasteiger partial charge in [0.15, 0.2) is 0 Å². The molecule has 0 saturated carbocycles. The molecule has 3 heteroatoms. The Kier molecular flexibility index (Phi) is 3.68. The fraction of sp³-hybridized carbons (Fsp3) is 0.235. The van der Waals surface area contributed by atoms with Crippen molar-refractivity contribution in [1.29, 1.82) is 0 Å². The Morgan fingerprint density at radius 1 is 1.10 bits per heavy atom. The Balaban J connectivity index is 1.72. The second-order valence-corrected chi connectivity index (χ2v) is 4.91. The second-order valence-electron chi connectivity index (χ2n) is 4.91. The summed E-state index contributed by atoms with van der Waals surface area (Å²) in [6, 6.07) is 13.5. The van der Waals surface area contributed by atoms with Crippen LogP contribution in [0.3, 0.4) is 0 Å². The molecule has 1 aliphatic heterocycles. The zero-order valence-electron chi connectivity index (χ0n) is 11.1. The van der Waals surface area contributed by atoms with Gasteiger partial charge in [-0.1, -0.05) is 36.4 Å². The van der Waals surface area contributed by atoms with E-state index in [0.717, 1.165) is 11.3 Å². The van der Waals surface area contributed by atoms with Gasteiger partial charge in [-0.3, -0.25) is 4.79 Å². The van der Waals surface area contributed by atoms with Gasteiger partial charge in [-0.25, -0.2) is 0 Å². The molecule has 1 aromatic carbocycles.